The maximum Gasteiger partial charge on any atom is 0.375 e. The monoisotopic (exact) mass is 186 g/mol. The van der Waals surface area contributed by atoms with Gasteiger partial charge in [-0.25, -0.2) is 4.79 Å². The van der Waals surface area contributed by atoms with Gasteiger partial charge in [-0.3, -0.25) is 9.59 Å². The SMILES string of the molecule is CCOC(=O)C1C(=O)C(=O)OC1C. The topological polar surface area (TPSA) is 69.7 Å². The first-order chi connectivity index (χ1) is 6.07. The Bertz CT molecular complexity index is 257. The van der Waals surface area contributed by atoms with Gasteiger partial charge in [-0.1, -0.05) is 0 Å². The molecule has 0 N–H and O–H groups in total. The molecule has 0 spiro atoms. The Morgan fingerprint density at radius 3 is 2.54 bits per heavy atom. The number of Topliss-reactive ketones (excluding diaryl/α,β-unsaturated/α-hetero) is 1. The third-order valence-electron chi connectivity index (χ3n) is 1.79. The van der Waals surface area contributed by atoms with Crippen LogP contribution in [0, 0.1) is 5.92 Å². The normalized spacial score (nSPS) is 27.2. The third-order valence-corrected chi connectivity index (χ3v) is 1.79. The molecule has 13 heavy (non-hydrogen) atoms. The van der Waals surface area contributed by atoms with Gasteiger partial charge in [-0.05, 0) is 13.8 Å². The average molecular weight is 186 g/mol. The van der Waals surface area contributed by atoms with Gasteiger partial charge in [0, 0.05) is 0 Å². The zero-order valence-corrected chi connectivity index (χ0v) is 7.40. The summed E-state index contributed by atoms with van der Waals surface area (Å²) in [4.78, 5) is 32.9. The van der Waals surface area contributed by atoms with Crippen molar-refractivity contribution in [3.05, 3.63) is 0 Å². The Morgan fingerprint density at radius 2 is 2.15 bits per heavy atom. The molecule has 5 heteroatoms. The van der Waals surface area contributed by atoms with Crippen LogP contribution in [-0.2, 0) is 23.9 Å². The van der Waals surface area contributed by atoms with Crippen LogP contribution in [0.1, 0.15) is 13.8 Å². The van der Waals surface area contributed by atoms with E-state index in [0.717, 1.165) is 0 Å². The van der Waals surface area contributed by atoms with Gasteiger partial charge in [0.2, 0.25) is 0 Å². The third kappa shape index (κ3) is 1.68. The number of rotatable bonds is 2. The van der Waals surface area contributed by atoms with E-state index in [1.54, 1.807) is 6.92 Å². The van der Waals surface area contributed by atoms with Gasteiger partial charge in [0.1, 0.15) is 6.10 Å². The minimum atomic E-state index is -1.08. The highest BCUT2D eigenvalue weighted by Crippen LogP contribution is 2.19. The van der Waals surface area contributed by atoms with Crippen LogP contribution < -0.4 is 0 Å². The largest absolute Gasteiger partial charge is 0.465 e. The summed E-state index contributed by atoms with van der Waals surface area (Å²) >= 11 is 0. The van der Waals surface area contributed by atoms with E-state index < -0.39 is 29.7 Å². The summed E-state index contributed by atoms with van der Waals surface area (Å²) in [5, 5.41) is 0. The van der Waals surface area contributed by atoms with Gasteiger partial charge in [-0.15, -0.1) is 0 Å². The number of hydrogen-bond acceptors (Lipinski definition) is 5. The van der Waals surface area contributed by atoms with Crippen molar-refractivity contribution in [2.75, 3.05) is 6.61 Å². The Hall–Kier alpha value is -1.39. The Balaban J connectivity index is 2.74. The van der Waals surface area contributed by atoms with E-state index in [1.165, 1.54) is 6.92 Å². The predicted molar refractivity (Wildman–Crippen MR) is 40.7 cm³/mol. The number of cyclic esters (lactones) is 1. The number of ketones is 1. The molecule has 0 saturated carbocycles. The van der Waals surface area contributed by atoms with E-state index in [-0.39, 0.29) is 6.61 Å². The van der Waals surface area contributed by atoms with E-state index in [4.69, 9.17) is 0 Å². The molecule has 72 valence electrons. The molecule has 0 aromatic carbocycles. The summed E-state index contributed by atoms with van der Waals surface area (Å²) in [7, 11) is 0. The van der Waals surface area contributed by atoms with Crippen LogP contribution in [0.5, 0.6) is 0 Å². The van der Waals surface area contributed by atoms with Gasteiger partial charge >= 0.3 is 11.9 Å². The van der Waals surface area contributed by atoms with Crippen molar-refractivity contribution in [2.45, 2.75) is 20.0 Å². The van der Waals surface area contributed by atoms with Crippen molar-refractivity contribution >= 4 is 17.7 Å². The molecule has 1 aliphatic rings. The number of esters is 2. The number of hydrogen-bond donors (Lipinski definition) is 0. The highest BCUT2D eigenvalue weighted by Gasteiger charge is 2.46. The van der Waals surface area contributed by atoms with E-state index >= 15 is 0 Å². The molecule has 0 aliphatic carbocycles. The fourth-order valence-corrected chi connectivity index (χ4v) is 1.17. The maximum atomic E-state index is 11.1. The minimum Gasteiger partial charge on any atom is -0.465 e. The Labute approximate surface area is 75.0 Å². The lowest BCUT2D eigenvalue weighted by Crippen LogP contribution is -2.29. The van der Waals surface area contributed by atoms with Gasteiger partial charge in [0.05, 0.1) is 6.61 Å². The number of ether oxygens (including phenoxy) is 2. The van der Waals surface area contributed by atoms with Crippen molar-refractivity contribution < 1.29 is 23.9 Å². The summed E-state index contributed by atoms with van der Waals surface area (Å²) in [6.45, 7) is 3.30. The first kappa shape index (κ1) is 9.70. The zero-order valence-electron chi connectivity index (χ0n) is 7.40. The van der Waals surface area contributed by atoms with Crippen LogP contribution in [0.2, 0.25) is 0 Å². The fourth-order valence-electron chi connectivity index (χ4n) is 1.17. The van der Waals surface area contributed by atoms with E-state index in [9.17, 15) is 14.4 Å². The zero-order chi connectivity index (χ0) is 10.0. The summed E-state index contributed by atoms with van der Waals surface area (Å²) in [5.41, 5.74) is 0. The number of carbonyl (C=O) groups is 3. The first-order valence-corrected chi connectivity index (χ1v) is 3.99. The Morgan fingerprint density at radius 1 is 1.54 bits per heavy atom. The molecule has 5 nitrogen and oxygen atoms in total. The molecule has 2 unspecified atom stereocenters. The molecule has 1 rings (SSSR count). The van der Waals surface area contributed by atoms with Gasteiger partial charge in [0.15, 0.2) is 5.92 Å². The molecule has 1 heterocycles. The second-order valence-electron chi connectivity index (χ2n) is 2.70. The minimum absolute atomic E-state index is 0.184. The van der Waals surface area contributed by atoms with E-state index in [2.05, 4.69) is 9.47 Å². The average Bonchev–Trinajstić information content (AvgIpc) is 2.27. The summed E-state index contributed by atoms with van der Waals surface area (Å²) in [5.74, 6) is -3.53. The first-order valence-electron chi connectivity index (χ1n) is 3.99. The summed E-state index contributed by atoms with van der Waals surface area (Å²) < 4.78 is 9.19. The molecular formula is C8H10O5. The molecular weight excluding hydrogens is 176 g/mol. The van der Waals surface area contributed by atoms with Crippen LogP contribution in [0.25, 0.3) is 0 Å². The lowest BCUT2D eigenvalue weighted by atomic mass is 10.0. The highest BCUT2D eigenvalue weighted by atomic mass is 16.6. The van der Waals surface area contributed by atoms with Crippen LogP contribution in [0.3, 0.4) is 0 Å². The smallest absolute Gasteiger partial charge is 0.375 e. The molecule has 0 amide bonds. The van der Waals surface area contributed by atoms with Crippen molar-refractivity contribution in [1.82, 2.24) is 0 Å². The van der Waals surface area contributed by atoms with Crippen LogP contribution in [-0.4, -0.2) is 30.4 Å². The van der Waals surface area contributed by atoms with Gasteiger partial charge in [0.25, 0.3) is 5.78 Å². The standard InChI is InChI=1S/C8H10O5/c1-3-12-7(10)5-4(2)13-8(11)6(5)9/h4-5H,3H2,1-2H3. The molecule has 1 saturated heterocycles. The van der Waals surface area contributed by atoms with E-state index in [1.807, 2.05) is 0 Å². The van der Waals surface area contributed by atoms with Crippen molar-refractivity contribution in [1.29, 1.82) is 0 Å². The van der Waals surface area contributed by atoms with Crippen LogP contribution in [0.15, 0.2) is 0 Å². The Kier molecular flexibility index (Phi) is 2.65. The van der Waals surface area contributed by atoms with Crippen molar-refractivity contribution in [2.24, 2.45) is 5.92 Å². The highest BCUT2D eigenvalue weighted by molar-refractivity contribution is 6.39. The van der Waals surface area contributed by atoms with Crippen molar-refractivity contribution in [3.8, 4) is 0 Å². The lowest BCUT2D eigenvalue weighted by molar-refractivity contribution is -0.152. The van der Waals surface area contributed by atoms with Crippen LogP contribution in [0.4, 0.5) is 0 Å². The molecule has 1 aliphatic heterocycles. The molecule has 0 bridgehead atoms. The van der Waals surface area contributed by atoms with Gasteiger partial charge in [-0.2, -0.15) is 0 Å². The number of carbonyl (C=O) groups excluding carboxylic acids is 3. The molecule has 2 atom stereocenters. The van der Waals surface area contributed by atoms with Crippen LogP contribution >= 0.6 is 0 Å². The van der Waals surface area contributed by atoms with Gasteiger partial charge < -0.3 is 9.47 Å². The molecule has 0 aromatic heterocycles. The molecule has 0 radical (unpaired) electrons. The lowest BCUT2D eigenvalue weighted by Gasteiger charge is -2.09. The quantitative estimate of drug-likeness (QED) is 0.336. The predicted octanol–water partition coefficient (Wildman–Crippen LogP) is -0.320. The molecule has 0 aromatic rings. The van der Waals surface area contributed by atoms with E-state index in [0.29, 0.717) is 0 Å². The van der Waals surface area contributed by atoms with Crippen molar-refractivity contribution in [3.63, 3.8) is 0 Å². The summed E-state index contributed by atoms with van der Waals surface area (Å²) in [6.07, 6.45) is -0.709. The summed E-state index contributed by atoms with van der Waals surface area (Å²) in [6, 6.07) is 0. The fraction of sp³-hybridized carbons (Fsp3) is 0.625. The molecule has 1 fully saturated rings. The maximum absolute atomic E-state index is 11.1. The second-order valence-corrected chi connectivity index (χ2v) is 2.70. The second kappa shape index (κ2) is 3.55.